The molecule has 4 aliphatic carbocycles. The fraction of sp³-hybridized carbons (Fsp3) is 0.941. The second-order valence-electron chi connectivity index (χ2n) is 8.15. The molecule has 112 valence electrons. The lowest BCUT2D eigenvalue weighted by Crippen LogP contribution is -2.59. The summed E-state index contributed by atoms with van der Waals surface area (Å²) in [5, 5.41) is 0. The summed E-state index contributed by atoms with van der Waals surface area (Å²) in [7, 11) is 0. The number of hydrogen-bond donors (Lipinski definition) is 0. The van der Waals surface area contributed by atoms with Gasteiger partial charge in [0.05, 0.1) is 24.2 Å². The predicted molar refractivity (Wildman–Crippen MR) is 77.2 cm³/mol. The standard InChI is InChI=1S/C17H27NO2/c1-11-10-20-12(2)9-18(11)16(19)17-6-13-3-14(7-17)5-15(4-13)8-17/h11-15H,3-10H2,1-2H3. The summed E-state index contributed by atoms with van der Waals surface area (Å²) < 4.78 is 5.70. The molecule has 5 fully saturated rings. The van der Waals surface area contributed by atoms with Crippen LogP contribution >= 0.6 is 0 Å². The van der Waals surface area contributed by atoms with Crippen molar-refractivity contribution in [2.24, 2.45) is 23.2 Å². The number of ether oxygens (including phenoxy) is 1. The smallest absolute Gasteiger partial charge is 0.229 e. The van der Waals surface area contributed by atoms with Gasteiger partial charge in [0.15, 0.2) is 0 Å². The summed E-state index contributed by atoms with van der Waals surface area (Å²) in [5.41, 5.74) is 0.0140. The van der Waals surface area contributed by atoms with Gasteiger partial charge in [-0.05, 0) is 70.1 Å². The molecule has 2 unspecified atom stereocenters. The summed E-state index contributed by atoms with van der Waals surface area (Å²) in [4.78, 5) is 15.4. The number of amides is 1. The molecule has 5 aliphatic rings. The molecule has 0 spiro atoms. The highest BCUT2D eigenvalue weighted by Gasteiger charge is 2.56. The zero-order valence-electron chi connectivity index (χ0n) is 12.8. The van der Waals surface area contributed by atoms with Crippen LogP contribution in [0, 0.1) is 23.2 Å². The van der Waals surface area contributed by atoms with Crippen molar-refractivity contribution < 1.29 is 9.53 Å². The topological polar surface area (TPSA) is 29.5 Å². The molecule has 5 rings (SSSR count). The van der Waals surface area contributed by atoms with Crippen LogP contribution in [0.5, 0.6) is 0 Å². The van der Waals surface area contributed by atoms with Crippen LogP contribution in [0.4, 0.5) is 0 Å². The van der Waals surface area contributed by atoms with Gasteiger partial charge in [-0.2, -0.15) is 0 Å². The second kappa shape index (κ2) is 4.46. The Morgan fingerprint density at radius 2 is 1.60 bits per heavy atom. The third-order valence-electron chi connectivity index (χ3n) is 6.36. The lowest BCUT2D eigenvalue weighted by Gasteiger charge is -2.57. The van der Waals surface area contributed by atoms with Crippen molar-refractivity contribution in [1.29, 1.82) is 0 Å². The lowest BCUT2D eigenvalue weighted by atomic mass is 9.49. The molecule has 1 aliphatic heterocycles. The van der Waals surface area contributed by atoms with Gasteiger partial charge in [0.2, 0.25) is 5.91 Å². The quantitative estimate of drug-likeness (QED) is 0.737. The van der Waals surface area contributed by atoms with Crippen LogP contribution in [-0.2, 0) is 9.53 Å². The summed E-state index contributed by atoms with van der Waals surface area (Å²) in [6, 6.07) is 0.256. The second-order valence-corrected chi connectivity index (χ2v) is 8.15. The largest absolute Gasteiger partial charge is 0.375 e. The molecule has 3 nitrogen and oxygen atoms in total. The maximum atomic E-state index is 13.3. The van der Waals surface area contributed by atoms with Crippen molar-refractivity contribution in [3.05, 3.63) is 0 Å². The fourth-order valence-corrected chi connectivity index (χ4v) is 5.86. The van der Waals surface area contributed by atoms with Gasteiger partial charge in [-0.3, -0.25) is 4.79 Å². The van der Waals surface area contributed by atoms with Crippen LogP contribution in [0.15, 0.2) is 0 Å². The average molecular weight is 277 g/mol. The number of nitrogens with zero attached hydrogens (tertiary/aromatic N) is 1. The molecule has 1 saturated heterocycles. The Labute approximate surface area is 122 Å². The van der Waals surface area contributed by atoms with Gasteiger partial charge in [0.1, 0.15) is 0 Å². The highest BCUT2D eigenvalue weighted by atomic mass is 16.5. The lowest BCUT2D eigenvalue weighted by molar-refractivity contribution is -0.168. The minimum absolute atomic E-state index is 0.0140. The molecular weight excluding hydrogens is 250 g/mol. The molecule has 0 N–H and O–H groups in total. The molecule has 2 atom stereocenters. The van der Waals surface area contributed by atoms with Crippen molar-refractivity contribution in [3.8, 4) is 0 Å². The maximum absolute atomic E-state index is 13.3. The Kier molecular flexibility index (Phi) is 2.93. The molecule has 0 aromatic heterocycles. The normalized spacial score (nSPS) is 50.5. The maximum Gasteiger partial charge on any atom is 0.229 e. The monoisotopic (exact) mass is 277 g/mol. The first-order valence-electron chi connectivity index (χ1n) is 8.48. The fourth-order valence-electron chi connectivity index (χ4n) is 5.86. The number of rotatable bonds is 1. The van der Waals surface area contributed by atoms with Crippen LogP contribution < -0.4 is 0 Å². The van der Waals surface area contributed by atoms with Gasteiger partial charge in [0, 0.05) is 6.54 Å². The molecule has 0 radical (unpaired) electrons. The van der Waals surface area contributed by atoms with E-state index in [0.717, 1.165) is 24.3 Å². The summed E-state index contributed by atoms with van der Waals surface area (Å²) in [5.74, 6) is 3.01. The summed E-state index contributed by atoms with van der Waals surface area (Å²) in [6.45, 7) is 5.73. The zero-order chi connectivity index (χ0) is 13.9. The molecule has 1 amide bonds. The molecule has 20 heavy (non-hydrogen) atoms. The van der Waals surface area contributed by atoms with Crippen LogP contribution in [0.2, 0.25) is 0 Å². The highest BCUT2D eigenvalue weighted by Crippen LogP contribution is 2.60. The van der Waals surface area contributed by atoms with Gasteiger partial charge >= 0.3 is 0 Å². The van der Waals surface area contributed by atoms with Crippen molar-refractivity contribution >= 4 is 5.91 Å². The van der Waals surface area contributed by atoms with Crippen molar-refractivity contribution in [3.63, 3.8) is 0 Å². The average Bonchev–Trinajstić information content (AvgIpc) is 2.39. The van der Waals surface area contributed by atoms with E-state index in [-0.39, 0.29) is 17.6 Å². The molecule has 1 heterocycles. The van der Waals surface area contributed by atoms with E-state index in [9.17, 15) is 4.79 Å². The van der Waals surface area contributed by atoms with E-state index in [2.05, 4.69) is 18.7 Å². The van der Waals surface area contributed by atoms with E-state index in [0.29, 0.717) is 12.5 Å². The van der Waals surface area contributed by atoms with Crippen LogP contribution in [0.1, 0.15) is 52.4 Å². The van der Waals surface area contributed by atoms with E-state index in [1.807, 2.05) is 0 Å². The van der Waals surface area contributed by atoms with Gasteiger partial charge < -0.3 is 9.64 Å². The Bertz CT molecular complexity index is 384. The SMILES string of the molecule is CC1CN(C(=O)C23CC4CC(CC(C4)C2)C3)C(C)CO1. The third-order valence-corrected chi connectivity index (χ3v) is 6.36. The van der Waals surface area contributed by atoms with E-state index >= 15 is 0 Å². The molecule has 4 saturated carbocycles. The zero-order valence-corrected chi connectivity index (χ0v) is 12.8. The summed E-state index contributed by atoms with van der Waals surface area (Å²) in [6.07, 6.45) is 7.94. The molecular formula is C17H27NO2. The Morgan fingerprint density at radius 3 is 2.15 bits per heavy atom. The Hall–Kier alpha value is -0.570. The highest BCUT2D eigenvalue weighted by molar-refractivity contribution is 5.83. The Balaban J connectivity index is 1.58. The number of carbonyl (C=O) groups is 1. The van der Waals surface area contributed by atoms with Gasteiger partial charge in [-0.1, -0.05) is 0 Å². The van der Waals surface area contributed by atoms with Crippen molar-refractivity contribution in [2.75, 3.05) is 13.2 Å². The Morgan fingerprint density at radius 1 is 1.05 bits per heavy atom. The van der Waals surface area contributed by atoms with Gasteiger partial charge in [0.25, 0.3) is 0 Å². The van der Waals surface area contributed by atoms with E-state index < -0.39 is 0 Å². The number of carbonyl (C=O) groups excluding carboxylic acids is 1. The first-order chi connectivity index (χ1) is 9.56. The van der Waals surface area contributed by atoms with Gasteiger partial charge in [-0.25, -0.2) is 0 Å². The van der Waals surface area contributed by atoms with Crippen molar-refractivity contribution in [2.45, 2.75) is 64.5 Å². The van der Waals surface area contributed by atoms with Crippen LogP contribution in [0.25, 0.3) is 0 Å². The molecule has 3 heteroatoms. The summed E-state index contributed by atoms with van der Waals surface area (Å²) >= 11 is 0. The molecule has 0 aromatic carbocycles. The molecule has 4 bridgehead atoms. The minimum Gasteiger partial charge on any atom is -0.375 e. The van der Waals surface area contributed by atoms with E-state index in [1.165, 1.54) is 38.5 Å². The predicted octanol–water partition coefficient (Wildman–Crippen LogP) is 2.84. The van der Waals surface area contributed by atoms with Crippen LogP contribution in [0.3, 0.4) is 0 Å². The third kappa shape index (κ3) is 1.93. The van der Waals surface area contributed by atoms with E-state index in [1.54, 1.807) is 0 Å². The van der Waals surface area contributed by atoms with E-state index in [4.69, 9.17) is 4.74 Å². The van der Waals surface area contributed by atoms with Gasteiger partial charge in [-0.15, -0.1) is 0 Å². The van der Waals surface area contributed by atoms with Crippen molar-refractivity contribution in [1.82, 2.24) is 4.90 Å². The number of hydrogen-bond acceptors (Lipinski definition) is 2. The molecule has 0 aromatic rings. The number of morpholine rings is 1. The first-order valence-corrected chi connectivity index (χ1v) is 8.48. The minimum atomic E-state index is 0.0140. The first kappa shape index (κ1) is 13.1. The van der Waals surface area contributed by atoms with Crippen LogP contribution in [-0.4, -0.2) is 36.1 Å².